The Balaban J connectivity index is 4.29. The maximum Gasteiger partial charge on any atom is 0.0623 e. The lowest BCUT2D eigenvalue weighted by atomic mass is 10.0. The standard InChI is InChI=1S/C12H28N2O2/c1-10(2)13-12(4,9-15)8-14(5)11(3)7-16-6/h10-11,13,15H,7-9H2,1-6H3. The summed E-state index contributed by atoms with van der Waals surface area (Å²) in [5.41, 5.74) is -0.259. The van der Waals surface area contributed by atoms with E-state index in [1.807, 2.05) is 6.92 Å². The third-order valence-electron chi connectivity index (χ3n) is 2.74. The van der Waals surface area contributed by atoms with Gasteiger partial charge < -0.3 is 15.2 Å². The quantitative estimate of drug-likeness (QED) is 0.647. The lowest BCUT2D eigenvalue weighted by Crippen LogP contribution is -2.57. The first-order valence-corrected chi connectivity index (χ1v) is 5.92. The summed E-state index contributed by atoms with van der Waals surface area (Å²) in [6.45, 7) is 9.99. The molecule has 0 spiro atoms. The smallest absolute Gasteiger partial charge is 0.0623 e. The second-order valence-electron chi connectivity index (χ2n) is 5.24. The number of nitrogens with one attached hydrogen (secondary N) is 1. The van der Waals surface area contributed by atoms with Gasteiger partial charge in [0.15, 0.2) is 0 Å². The van der Waals surface area contributed by atoms with Crippen molar-refractivity contribution >= 4 is 0 Å². The third kappa shape index (κ3) is 5.80. The Morgan fingerprint density at radius 3 is 2.31 bits per heavy atom. The molecule has 0 aromatic carbocycles. The van der Waals surface area contributed by atoms with Gasteiger partial charge in [-0.25, -0.2) is 0 Å². The molecule has 4 nitrogen and oxygen atoms in total. The second-order valence-corrected chi connectivity index (χ2v) is 5.24. The zero-order valence-corrected chi connectivity index (χ0v) is 11.6. The highest BCUT2D eigenvalue weighted by atomic mass is 16.5. The number of methoxy groups -OCH3 is 1. The van der Waals surface area contributed by atoms with E-state index in [2.05, 4.69) is 38.0 Å². The van der Waals surface area contributed by atoms with Crippen molar-refractivity contribution in [2.75, 3.05) is 33.9 Å². The number of hydrogen-bond donors (Lipinski definition) is 2. The molecule has 0 saturated heterocycles. The first kappa shape index (κ1) is 15.8. The minimum Gasteiger partial charge on any atom is -0.394 e. The summed E-state index contributed by atoms with van der Waals surface area (Å²) >= 11 is 0. The monoisotopic (exact) mass is 232 g/mol. The Labute approximate surface area is 100.0 Å². The van der Waals surface area contributed by atoms with E-state index in [-0.39, 0.29) is 12.1 Å². The number of ether oxygens (including phenoxy) is 1. The van der Waals surface area contributed by atoms with Crippen molar-refractivity contribution in [2.45, 2.75) is 45.3 Å². The summed E-state index contributed by atoms with van der Waals surface area (Å²) < 4.78 is 5.13. The normalized spacial score (nSPS) is 17.8. The van der Waals surface area contributed by atoms with Crippen molar-refractivity contribution in [2.24, 2.45) is 0 Å². The molecule has 2 unspecified atom stereocenters. The minimum absolute atomic E-state index is 0.134. The van der Waals surface area contributed by atoms with Crippen molar-refractivity contribution in [1.82, 2.24) is 10.2 Å². The van der Waals surface area contributed by atoms with E-state index in [4.69, 9.17) is 4.74 Å². The molecule has 0 aliphatic carbocycles. The van der Waals surface area contributed by atoms with Crippen molar-refractivity contribution in [1.29, 1.82) is 0 Å². The van der Waals surface area contributed by atoms with E-state index in [9.17, 15) is 5.11 Å². The van der Waals surface area contributed by atoms with E-state index in [1.54, 1.807) is 7.11 Å². The molecule has 0 fully saturated rings. The predicted molar refractivity (Wildman–Crippen MR) is 67.7 cm³/mol. The Hall–Kier alpha value is -0.160. The number of nitrogens with zero attached hydrogens (tertiary/aromatic N) is 1. The summed E-state index contributed by atoms with van der Waals surface area (Å²) in [5.74, 6) is 0. The highest BCUT2D eigenvalue weighted by molar-refractivity contribution is 4.87. The van der Waals surface area contributed by atoms with Crippen LogP contribution in [0.4, 0.5) is 0 Å². The Kier molecular flexibility index (Phi) is 7.15. The van der Waals surface area contributed by atoms with Crippen LogP contribution in [0.3, 0.4) is 0 Å². The number of aliphatic hydroxyl groups is 1. The number of aliphatic hydroxyl groups excluding tert-OH is 1. The van der Waals surface area contributed by atoms with Gasteiger partial charge in [0.2, 0.25) is 0 Å². The summed E-state index contributed by atoms with van der Waals surface area (Å²) in [7, 11) is 3.77. The highest BCUT2D eigenvalue weighted by Crippen LogP contribution is 2.09. The molecular formula is C12H28N2O2. The van der Waals surface area contributed by atoms with E-state index >= 15 is 0 Å². The van der Waals surface area contributed by atoms with Crippen LogP contribution in [0.25, 0.3) is 0 Å². The van der Waals surface area contributed by atoms with E-state index < -0.39 is 0 Å². The van der Waals surface area contributed by atoms with Crippen LogP contribution in [0.2, 0.25) is 0 Å². The van der Waals surface area contributed by atoms with Gasteiger partial charge in [0.25, 0.3) is 0 Å². The highest BCUT2D eigenvalue weighted by Gasteiger charge is 2.27. The number of likely N-dealkylation sites (N-methyl/N-ethyl adjacent to an activating group) is 1. The summed E-state index contributed by atoms with van der Waals surface area (Å²) in [4.78, 5) is 2.20. The summed E-state index contributed by atoms with van der Waals surface area (Å²) in [6, 6.07) is 0.716. The van der Waals surface area contributed by atoms with Crippen LogP contribution in [-0.4, -0.2) is 61.5 Å². The van der Waals surface area contributed by atoms with Gasteiger partial charge in [0.1, 0.15) is 0 Å². The molecular weight excluding hydrogens is 204 g/mol. The van der Waals surface area contributed by atoms with Crippen molar-refractivity contribution in [3.63, 3.8) is 0 Å². The fourth-order valence-corrected chi connectivity index (χ4v) is 1.91. The van der Waals surface area contributed by atoms with Crippen LogP contribution in [0.5, 0.6) is 0 Å². The molecule has 2 atom stereocenters. The molecule has 0 aromatic rings. The number of hydrogen-bond acceptors (Lipinski definition) is 4. The lowest BCUT2D eigenvalue weighted by Gasteiger charge is -2.37. The minimum atomic E-state index is -0.259. The van der Waals surface area contributed by atoms with Crippen LogP contribution >= 0.6 is 0 Å². The third-order valence-corrected chi connectivity index (χ3v) is 2.74. The predicted octanol–water partition coefficient (Wildman–Crippen LogP) is 0.702. The van der Waals surface area contributed by atoms with E-state index in [1.165, 1.54) is 0 Å². The molecule has 0 bridgehead atoms. The van der Waals surface area contributed by atoms with Crippen molar-refractivity contribution < 1.29 is 9.84 Å². The van der Waals surface area contributed by atoms with Crippen LogP contribution in [-0.2, 0) is 4.74 Å². The zero-order valence-electron chi connectivity index (χ0n) is 11.6. The van der Waals surface area contributed by atoms with Crippen LogP contribution in [0, 0.1) is 0 Å². The largest absolute Gasteiger partial charge is 0.394 e. The molecule has 0 amide bonds. The maximum absolute atomic E-state index is 9.47. The molecule has 16 heavy (non-hydrogen) atoms. The second kappa shape index (κ2) is 7.22. The molecule has 0 aliphatic rings. The Morgan fingerprint density at radius 2 is 1.94 bits per heavy atom. The van der Waals surface area contributed by atoms with Gasteiger partial charge in [0, 0.05) is 25.7 Å². The van der Waals surface area contributed by atoms with Crippen molar-refractivity contribution in [3.8, 4) is 0 Å². The van der Waals surface area contributed by atoms with Gasteiger partial charge in [-0.05, 0) is 20.9 Å². The van der Waals surface area contributed by atoms with Crippen LogP contribution in [0.15, 0.2) is 0 Å². The molecule has 0 rings (SSSR count). The van der Waals surface area contributed by atoms with Gasteiger partial charge in [0.05, 0.1) is 18.8 Å². The van der Waals surface area contributed by atoms with Gasteiger partial charge in [-0.15, -0.1) is 0 Å². The molecule has 0 aliphatic heterocycles. The molecule has 0 heterocycles. The Bertz CT molecular complexity index is 188. The molecule has 4 heteroatoms. The first-order chi connectivity index (χ1) is 7.34. The van der Waals surface area contributed by atoms with Gasteiger partial charge in [-0.3, -0.25) is 4.90 Å². The SMILES string of the molecule is COCC(C)N(C)CC(C)(CO)NC(C)C. The van der Waals surface area contributed by atoms with Crippen LogP contribution < -0.4 is 5.32 Å². The average Bonchev–Trinajstić information content (AvgIpc) is 2.16. The fraction of sp³-hybridized carbons (Fsp3) is 1.00. The number of rotatable bonds is 8. The van der Waals surface area contributed by atoms with E-state index in [0.717, 1.165) is 6.54 Å². The molecule has 2 N–H and O–H groups in total. The van der Waals surface area contributed by atoms with Crippen LogP contribution in [0.1, 0.15) is 27.7 Å². The molecule has 0 radical (unpaired) electrons. The molecule has 98 valence electrons. The molecule has 0 aromatic heterocycles. The molecule has 0 saturated carbocycles. The van der Waals surface area contributed by atoms with Gasteiger partial charge >= 0.3 is 0 Å². The topological polar surface area (TPSA) is 44.7 Å². The fourth-order valence-electron chi connectivity index (χ4n) is 1.91. The van der Waals surface area contributed by atoms with E-state index in [0.29, 0.717) is 18.7 Å². The van der Waals surface area contributed by atoms with Gasteiger partial charge in [-0.1, -0.05) is 13.8 Å². The zero-order chi connectivity index (χ0) is 12.8. The first-order valence-electron chi connectivity index (χ1n) is 5.92. The maximum atomic E-state index is 9.47. The van der Waals surface area contributed by atoms with Gasteiger partial charge in [-0.2, -0.15) is 0 Å². The van der Waals surface area contributed by atoms with Crippen molar-refractivity contribution in [3.05, 3.63) is 0 Å². The lowest BCUT2D eigenvalue weighted by molar-refractivity contribution is 0.0729. The Morgan fingerprint density at radius 1 is 1.38 bits per heavy atom. The average molecular weight is 232 g/mol. The summed E-state index contributed by atoms with van der Waals surface area (Å²) in [5, 5.41) is 12.9. The summed E-state index contributed by atoms with van der Waals surface area (Å²) in [6.07, 6.45) is 0.